The van der Waals surface area contributed by atoms with Crippen molar-refractivity contribution in [2.45, 2.75) is 64.6 Å². The maximum atomic E-state index is 6.25. The van der Waals surface area contributed by atoms with Gasteiger partial charge in [-0.1, -0.05) is 49.6 Å². The second kappa shape index (κ2) is 7.24. The summed E-state index contributed by atoms with van der Waals surface area (Å²) in [5, 5.41) is 0. The van der Waals surface area contributed by atoms with Gasteiger partial charge in [0.05, 0.1) is 12.2 Å². The summed E-state index contributed by atoms with van der Waals surface area (Å²) in [6, 6.07) is 8.60. The molecule has 20 heavy (non-hydrogen) atoms. The standard InChI is InChI=1S/C18H29NO/c1-3-4-16-9-11-18(14-19,12-10-16)20-13-17-7-5-15(2)6-8-17/h5-8,16H,3-4,9-14,19H2,1-2H3. The molecule has 0 bridgehead atoms. The zero-order valence-corrected chi connectivity index (χ0v) is 13.0. The van der Waals surface area contributed by atoms with E-state index >= 15 is 0 Å². The molecule has 0 unspecified atom stereocenters. The number of aryl methyl sites for hydroxylation is 1. The molecule has 0 aliphatic heterocycles. The van der Waals surface area contributed by atoms with Crippen molar-refractivity contribution in [3.63, 3.8) is 0 Å². The molecule has 112 valence electrons. The topological polar surface area (TPSA) is 35.2 Å². The maximum Gasteiger partial charge on any atom is 0.0808 e. The van der Waals surface area contributed by atoms with E-state index in [1.54, 1.807) is 0 Å². The summed E-state index contributed by atoms with van der Waals surface area (Å²) in [6.07, 6.45) is 7.46. The molecule has 1 aromatic carbocycles. The van der Waals surface area contributed by atoms with E-state index in [2.05, 4.69) is 38.1 Å². The van der Waals surface area contributed by atoms with E-state index in [1.165, 1.54) is 36.8 Å². The fourth-order valence-corrected chi connectivity index (χ4v) is 3.23. The Morgan fingerprint density at radius 3 is 2.40 bits per heavy atom. The Labute approximate surface area is 123 Å². The highest BCUT2D eigenvalue weighted by molar-refractivity contribution is 5.20. The van der Waals surface area contributed by atoms with Crippen LogP contribution in [0.4, 0.5) is 0 Å². The van der Waals surface area contributed by atoms with E-state index in [0.717, 1.165) is 18.8 Å². The average Bonchev–Trinajstić information content (AvgIpc) is 2.49. The summed E-state index contributed by atoms with van der Waals surface area (Å²) < 4.78 is 6.25. The summed E-state index contributed by atoms with van der Waals surface area (Å²) in [7, 11) is 0. The minimum atomic E-state index is -0.0743. The van der Waals surface area contributed by atoms with Gasteiger partial charge in [0, 0.05) is 6.54 Å². The predicted molar refractivity (Wildman–Crippen MR) is 84.6 cm³/mol. The van der Waals surface area contributed by atoms with E-state index in [1.807, 2.05) is 0 Å². The van der Waals surface area contributed by atoms with Gasteiger partial charge in [-0.2, -0.15) is 0 Å². The van der Waals surface area contributed by atoms with Crippen molar-refractivity contribution in [2.24, 2.45) is 11.7 Å². The molecule has 1 aliphatic rings. The number of nitrogens with two attached hydrogens (primary N) is 1. The molecule has 1 aliphatic carbocycles. The molecule has 0 aromatic heterocycles. The summed E-state index contributed by atoms with van der Waals surface area (Å²) in [6.45, 7) is 5.73. The van der Waals surface area contributed by atoms with Crippen molar-refractivity contribution < 1.29 is 4.74 Å². The Kier molecular flexibility index (Phi) is 5.62. The second-order valence-corrected chi connectivity index (χ2v) is 6.39. The van der Waals surface area contributed by atoms with Crippen molar-refractivity contribution in [3.05, 3.63) is 35.4 Å². The molecular formula is C18H29NO. The molecule has 1 saturated carbocycles. The highest BCUT2D eigenvalue weighted by Gasteiger charge is 2.34. The zero-order chi connectivity index (χ0) is 14.4. The molecule has 0 atom stereocenters. The summed E-state index contributed by atoms with van der Waals surface area (Å²) in [5.74, 6) is 0.891. The van der Waals surface area contributed by atoms with Crippen molar-refractivity contribution in [1.82, 2.24) is 0 Å². The smallest absolute Gasteiger partial charge is 0.0808 e. The molecular weight excluding hydrogens is 246 g/mol. The van der Waals surface area contributed by atoms with Crippen molar-refractivity contribution in [2.75, 3.05) is 6.54 Å². The Morgan fingerprint density at radius 2 is 1.85 bits per heavy atom. The lowest BCUT2D eigenvalue weighted by molar-refractivity contribution is -0.0816. The van der Waals surface area contributed by atoms with Gasteiger partial charge in [0.15, 0.2) is 0 Å². The summed E-state index contributed by atoms with van der Waals surface area (Å²) in [5.41, 5.74) is 8.49. The van der Waals surface area contributed by atoms with Crippen LogP contribution in [0.1, 0.15) is 56.6 Å². The normalized spacial score (nSPS) is 26.6. The van der Waals surface area contributed by atoms with Crippen LogP contribution in [0.25, 0.3) is 0 Å². The fourth-order valence-electron chi connectivity index (χ4n) is 3.23. The van der Waals surface area contributed by atoms with Crippen molar-refractivity contribution >= 4 is 0 Å². The third kappa shape index (κ3) is 4.07. The highest BCUT2D eigenvalue weighted by Crippen LogP contribution is 2.36. The van der Waals surface area contributed by atoms with Crippen LogP contribution in [0, 0.1) is 12.8 Å². The molecule has 0 heterocycles. The first-order chi connectivity index (χ1) is 9.67. The molecule has 0 amide bonds. The molecule has 2 rings (SSSR count). The van der Waals surface area contributed by atoms with Gasteiger partial charge < -0.3 is 10.5 Å². The molecule has 1 aromatic rings. The zero-order valence-electron chi connectivity index (χ0n) is 13.0. The number of hydrogen-bond donors (Lipinski definition) is 1. The van der Waals surface area contributed by atoms with Gasteiger partial charge in [-0.3, -0.25) is 0 Å². The van der Waals surface area contributed by atoms with Crippen LogP contribution in [-0.2, 0) is 11.3 Å². The third-order valence-electron chi connectivity index (χ3n) is 4.75. The number of benzene rings is 1. The minimum Gasteiger partial charge on any atom is -0.369 e. The molecule has 1 fully saturated rings. The predicted octanol–water partition coefficient (Wildman–Crippen LogP) is 4.20. The number of rotatable bonds is 6. The molecule has 2 nitrogen and oxygen atoms in total. The van der Waals surface area contributed by atoms with Gasteiger partial charge >= 0.3 is 0 Å². The van der Waals surface area contributed by atoms with E-state index in [9.17, 15) is 0 Å². The Morgan fingerprint density at radius 1 is 1.20 bits per heavy atom. The molecule has 0 saturated heterocycles. The Bertz CT molecular complexity index is 390. The molecule has 0 spiro atoms. The average molecular weight is 275 g/mol. The lowest BCUT2D eigenvalue weighted by atomic mass is 9.77. The highest BCUT2D eigenvalue weighted by atomic mass is 16.5. The number of ether oxygens (including phenoxy) is 1. The van der Waals surface area contributed by atoms with Crippen LogP contribution >= 0.6 is 0 Å². The van der Waals surface area contributed by atoms with Gasteiger partial charge in [-0.15, -0.1) is 0 Å². The second-order valence-electron chi connectivity index (χ2n) is 6.39. The quantitative estimate of drug-likeness (QED) is 0.844. The first kappa shape index (κ1) is 15.5. The van der Waals surface area contributed by atoms with Gasteiger partial charge in [-0.25, -0.2) is 0 Å². The van der Waals surface area contributed by atoms with E-state index in [-0.39, 0.29) is 5.60 Å². The van der Waals surface area contributed by atoms with Crippen LogP contribution < -0.4 is 5.73 Å². The molecule has 2 heteroatoms. The number of hydrogen-bond acceptors (Lipinski definition) is 2. The van der Waals surface area contributed by atoms with Gasteiger partial charge in [-0.05, 0) is 44.1 Å². The lowest BCUT2D eigenvalue weighted by Gasteiger charge is -2.39. The van der Waals surface area contributed by atoms with E-state index in [4.69, 9.17) is 10.5 Å². The van der Waals surface area contributed by atoms with E-state index < -0.39 is 0 Å². The van der Waals surface area contributed by atoms with Gasteiger partial charge in [0.2, 0.25) is 0 Å². The monoisotopic (exact) mass is 275 g/mol. The van der Waals surface area contributed by atoms with Crippen LogP contribution in [0.5, 0.6) is 0 Å². The SMILES string of the molecule is CCCC1CCC(CN)(OCc2ccc(C)cc2)CC1. The van der Waals surface area contributed by atoms with E-state index in [0.29, 0.717) is 13.2 Å². The molecule has 0 radical (unpaired) electrons. The fraction of sp³-hybridized carbons (Fsp3) is 0.667. The van der Waals surface area contributed by atoms with Crippen LogP contribution in [-0.4, -0.2) is 12.1 Å². The van der Waals surface area contributed by atoms with Crippen LogP contribution in [0.3, 0.4) is 0 Å². The van der Waals surface area contributed by atoms with Gasteiger partial charge in [0.1, 0.15) is 0 Å². The van der Waals surface area contributed by atoms with Crippen LogP contribution in [0.15, 0.2) is 24.3 Å². The Balaban J connectivity index is 1.87. The van der Waals surface area contributed by atoms with Gasteiger partial charge in [0.25, 0.3) is 0 Å². The van der Waals surface area contributed by atoms with Crippen LogP contribution in [0.2, 0.25) is 0 Å². The largest absolute Gasteiger partial charge is 0.369 e. The first-order valence-corrected chi connectivity index (χ1v) is 8.07. The maximum absolute atomic E-state index is 6.25. The minimum absolute atomic E-state index is 0.0743. The van der Waals surface area contributed by atoms with Crippen molar-refractivity contribution in [1.29, 1.82) is 0 Å². The molecule has 2 N–H and O–H groups in total. The summed E-state index contributed by atoms with van der Waals surface area (Å²) in [4.78, 5) is 0. The Hall–Kier alpha value is -0.860. The first-order valence-electron chi connectivity index (χ1n) is 8.07. The van der Waals surface area contributed by atoms with Crippen molar-refractivity contribution in [3.8, 4) is 0 Å². The third-order valence-corrected chi connectivity index (χ3v) is 4.75. The lowest BCUT2D eigenvalue weighted by Crippen LogP contribution is -2.43. The summed E-state index contributed by atoms with van der Waals surface area (Å²) >= 11 is 0.